The number of nitriles is 1. The third-order valence-electron chi connectivity index (χ3n) is 3.57. The number of benzene rings is 2. The van der Waals surface area contributed by atoms with E-state index >= 15 is 0 Å². The Morgan fingerprint density at radius 2 is 1.96 bits per heavy atom. The van der Waals surface area contributed by atoms with Crippen molar-refractivity contribution >= 4 is 0 Å². The van der Waals surface area contributed by atoms with Crippen LogP contribution in [0.15, 0.2) is 48.5 Å². The van der Waals surface area contributed by atoms with Crippen LogP contribution in [0.3, 0.4) is 0 Å². The zero-order valence-corrected chi connectivity index (χ0v) is 13.6. The minimum absolute atomic E-state index is 0.203. The summed E-state index contributed by atoms with van der Waals surface area (Å²) in [6, 6.07) is 17.5. The molecule has 0 bridgehead atoms. The zero-order valence-electron chi connectivity index (χ0n) is 13.6. The molecule has 0 amide bonds. The lowest BCUT2D eigenvalue weighted by Gasteiger charge is -2.21. The fraction of sp³-hybridized carbons (Fsp3) is 0.316. The Morgan fingerprint density at radius 1 is 1.22 bits per heavy atom. The molecule has 0 saturated carbocycles. The number of nitrogens with zero attached hydrogens (tertiary/aromatic N) is 2. The first-order chi connectivity index (χ1) is 11.1. The first kappa shape index (κ1) is 17.0. The molecule has 4 heteroatoms. The van der Waals surface area contributed by atoms with E-state index in [1.165, 1.54) is 5.56 Å². The standard InChI is InChI=1S/C19H22N2O2/c1-15-8-9-17(11-20)10-19(15)23-14-18(22)13-21(2)12-16-6-4-3-5-7-16/h3-10,18,22H,12-14H2,1-2H3. The molecule has 0 aliphatic heterocycles. The van der Waals surface area contributed by atoms with Gasteiger partial charge >= 0.3 is 0 Å². The minimum Gasteiger partial charge on any atom is -0.491 e. The maximum absolute atomic E-state index is 10.1. The van der Waals surface area contributed by atoms with E-state index in [1.54, 1.807) is 12.1 Å². The highest BCUT2D eigenvalue weighted by molar-refractivity contribution is 5.41. The summed E-state index contributed by atoms with van der Waals surface area (Å²) in [5.41, 5.74) is 2.72. The van der Waals surface area contributed by atoms with Gasteiger partial charge in [0.05, 0.1) is 11.6 Å². The van der Waals surface area contributed by atoms with Gasteiger partial charge in [-0.3, -0.25) is 4.90 Å². The molecule has 4 nitrogen and oxygen atoms in total. The Labute approximate surface area is 137 Å². The van der Waals surface area contributed by atoms with E-state index in [0.29, 0.717) is 17.9 Å². The van der Waals surface area contributed by atoms with Crippen LogP contribution in [0.4, 0.5) is 0 Å². The van der Waals surface area contributed by atoms with Crippen molar-refractivity contribution in [3.05, 3.63) is 65.2 Å². The predicted molar refractivity (Wildman–Crippen MR) is 90.2 cm³/mol. The van der Waals surface area contributed by atoms with Crippen LogP contribution >= 0.6 is 0 Å². The molecule has 0 heterocycles. The van der Waals surface area contributed by atoms with Crippen molar-refractivity contribution in [2.75, 3.05) is 20.2 Å². The maximum Gasteiger partial charge on any atom is 0.123 e. The average molecular weight is 310 g/mol. The molecule has 0 aliphatic carbocycles. The normalized spacial score (nSPS) is 12.0. The van der Waals surface area contributed by atoms with Crippen molar-refractivity contribution in [1.82, 2.24) is 4.90 Å². The van der Waals surface area contributed by atoms with Crippen LogP contribution in [0.2, 0.25) is 0 Å². The third-order valence-corrected chi connectivity index (χ3v) is 3.57. The first-order valence-electron chi connectivity index (χ1n) is 7.62. The van der Waals surface area contributed by atoms with Crippen molar-refractivity contribution in [2.24, 2.45) is 0 Å². The molecule has 23 heavy (non-hydrogen) atoms. The topological polar surface area (TPSA) is 56.5 Å². The molecule has 120 valence electrons. The fourth-order valence-electron chi connectivity index (χ4n) is 2.38. The summed E-state index contributed by atoms with van der Waals surface area (Å²) in [6.07, 6.45) is -0.589. The van der Waals surface area contributed by atoms with Crippen LogP contribution < -0.4 is 4.74 Å². The second-order valence-electron chi connectivity index (χ2n) is 5.74. The Kier molecular flexibility index (Phi) is 6.16. The fourth-order valence-corrected chi connectivity index (χ4v) is 2.38. The maximum atomic E-state index is 10.1. The van der Waals surface area contributed by atoms with Gasteiger partial charge < -0.3 is 9.84 Å². The second kappa shape index (κ2) is 8.33. The van der Waals surface area contributed by atoms with Crippen molar-refractivity contribution in [3.8, 4) is 11.8 Å². The van der Waals surface area contributed by atoms with Crippen LogP contribution in [-0.2, 0) is 6.54 Å². The van der Waals surface area contributed by atoms with Crippen molar-refractivity contribution in [3.63, 3.8) is 0 Å². The molecule has 0 fully saturated rings. The summed E-state index contributed by atoms with van der Waals surface area (Å²) in [5.74, 6) is 0.647. The lowest BCUT2D eigenvalue weighted by molar-refractivity contribution is 0.0741. The summed E-state index contributed by atoms with van der Waals surface area (Å²) in [6.45, 7) is 3.42. The molecule has 0 spiro atoms. The lowest BCUT2D eigenvalue weighted by atomic mass is 10.1. The number of rotatable bonds is 7. The highest BCUT2D eigenvalue weighted by Crippen LogP contribution is 2.19. The molecule has 2 aromatic carbocycles. The molecule has 0 aromatic heterocycles. The Morgan fingerprint density at radius 3 is 2.65 bits per heavy atom. The van der Waals surface area contributed by atoms with E-state index in [9.17, 15) is 5.11 Å². The number of likely N-dealkylation sites (N-methyl/N-ethyl adjacent to an activating group) is 1. The summed E-state index contributed by atoms with van der Waals surface area (Å²) in [5, 5.41) is 19.1. The van der Waals surface area contributed by atoms with Gasteiger partial charge in [0.15, 0.2) is 0 Å². The smallest absolute Gasteiger partial charge is 0.123 e. The third kappa shape index (κ3) is 5.41. The Balaban J connectivity index is 1.83. The SMILES string of the molecule is Cc1ccc(C#N)cc1OCC(O)CN(C)Cc1ccccc1. The molecule has 0 radical (unpaired) electrons. The monoisotopic (exact) mass is 310 g/mol. The molecule has 0 saturated heterocycles. The number of aliphatic hydroxyl groups is 1. The van der Waals surface area contributed by atoms with Crippen LogP contribution in [0.25, 0.3) is 0 Å². The molecule has 1 atom stereocenters. The Bertz CT molecular complexity index is 665. The second-order valence-corrected chi connectivity index (χ2v) is 5.74. The molecule has 0 aliphatic rings. The van der Waals surface area contributed by atoms with Gasteiger partial charge in [0.25, 0.3) is 0 Å². The largest absolute Gasteiger partial charge is 0.491 e. The van der Waals surface area contributed by atoms with Gasteiger partial charge in [-0.2, -0.15) is 5.26 Å². The average Bonchev–Trinajstić information content (AvgIpc) is 2.55. The number of aryl methyl sites for hydroxylation is 1. The van der Waals surface area contributed by atoms with Crippen LogP contribution in [0.5, 0.6) is 5.75 Å². The summed E-state index contributed by atoms with van der Waals surface area (Å²) >= 11 is 0. The van der Waals surface area contributed by atoms with E-state index in [0.717, 1.165) is 12.1 Å². The Hall–Kier alpha value is -2.35. The number of aliphatic hydroxyl groups excluding tert-OH is 1. The van der Waals surface area contributed by atoms with E-state index in [2.05, 4.69) is 23.1 Å². The van der Waals surface area contributed by atoms with E-state index in [4.69, 9.17) is 10.00 Å². The molecule has 2 rings (SSSR count). The number of ether oxygens (including phenoxy) is 1. The van der Waals surface area contributed by atoms with E-state index in [1.807, 2.05) is 38.2 Å². The summed E-state index contributed by atoms with van der Waals surface area (Å²) in [4.78, 5) is 2.06. The van der Waals surface area contributed by atoms with Crippen LogP contribution in [0.1, 0.15) is 16.7 Å². The summed E-state index contributed by atoms with van der Waals surface area (Å²) in [7, 11) is 1.97. The van der Waals surface area contributed by atoms with Crippen molar-refractivity contribution in [1.29, 1.82) is 5.26 Å². The molecule has 1 unspecified atom stereocenters. The van der Waals surface area contributed by atoms with Gasteiger partial charge in [-0.05, 0) is 37.2 Å². The van der Waals surface area contributed by atoms with E-state index in [-0.39, 0.29) is 6.61 Å². The molecular formula is C19H22N2O2. The molecular weight excluding hydrogens is 288 g/mol. The van der Waals surface area contributed by atoms with Gasteiger partial charge in [-0.15, -0.1) is 0 Å². The van der Waals surface area contributed by atoms with E-state index < -0.39 is 6.10 Å². The van der Waals surface area contributed by atoms with Crippen LogP contribution in [-0.4, -0.2) is 36.3 Å². The van der Waals surface area contributed by atoms with Crippen molar-refractivity contribution in [2.45, 2.75) is 19.6 Å². The van der Waals surface area contributed by atoms with Gasteiger partial charge in [-0.25, -0.2) is 0 Å². The number of hydrogen-bond acceptors (Lipinski definition) is 4. The number of hydrogen-bond donors (Lipinski definition) is 1. The summed E-state index contributed by atoms with van der Waals surface area (Å²) < 4.78 is 5.66. The van der Waals surface area contributed by atoms with Gasteiger partial charge in [0.1, 0.15) is 18.5 Å². The molecule has 2 aromatic rings. The quantitative estimate of drug-likeness (QED) is 0.854. The van der Waals surface area contributed by atoms with Gasteiger partial charge in [0, 0.05) is 13.1 Å². The zero-order chi connectivity index (χ0) is 16.7. The lowest BCUT2D eigenvalue weighted by Crippen LogP contribution is -2.32. The molecule has 1 N–H and O–H groups in total. The van der Waals surface area contributed by atoms with Crippen molar-refractivity contribution < 1.29 is 9.84 Å². The highest BCUT2D eigenvalue weighted by atomic mass is 16.5. The minimum atomic E-state index is -0.589. The highest BCUT2D eigenvalue weighted by Gasteiger charge is 2.11. The van der Waals surface area contributed by atoms with Crippen LogP contribution in [0, 0.1) is 18.3 Å². The predicted octanol–water partition coefficient (Wildman–Crippen LogP) is 2.74. The first-order valence-corrected chi connectivity index (χ1v) is 7.62. The van der Waals surface area contributed by atoms with Gasteiger partial charge in [-0.1, -0.05) is 36.4 Å². The van der Waals surface area contributed by atoms with Gasteiger partial charge in [0.2, 0.25) is 0 Å².